The quantitative estimate of drug-likeness (QED) is 0.752. The molecular weight excluding hydrogens is 186 g/mol. The molecule has 1 heterocycles. The number of piperazine rings is 1. The van der Waals surface area contributed by atoms with E-state index in [9.17, 15) is 0 Å². The summed E-state index contributed by atoms with van der Waals surface area (Å²) < 4.78 is 0. The van der Waals surface area contributed by atoms with Crippen molar-refractivity contribution in [3.63, 3.8) is 0 Å². The molecule has 3 nitrogen and oxygen atoms in total. The molecule has 1 rings (SSSR count). The van der Waals surface area contributed by atoms with Crippen LogP contribution < -0.4 is 5.32 Å². The van der Waals surface area contributed by atoms with Gasteiger partial charge in [0, 0.05) is 37.8 Å². The third-order valence-corrected chi connectivity index (χ3v) is 3.65. The Hall–Kier alpha value is -0.120. The summed E-state index contributed by atoms with van der Waals surface area (Å²) >= 11 is 0. The Bertz CT molecular complexity index is 184. The first-order chi connectivity index (χ1) is 7.06. The van der Waals surface area contributed by atoms with Gasteiger partial charge in [0.05, 0.1) is 0 Å². The Morgan fingerprint density at radius 3 is 2.53 bits per heavy atom. The molecule has 0 saturated carbocycles. The van der Waals surface area contributed by atoms with E-state index in [0.717, 1.165) is 6.54 Å². The van der Waals surface area contributed by atoms with Gasteiger partial charge in [-0.1, -0.05) is 6.92 Å². The molecule has 0 spiro atoms. The highest BCUT2D eigenvalue weighted by molar-refractivity contribution is 4.85. The second-order valence-corrected chi connectivity index (χ2v) is 4.94. The fraction of sp³-hybridized carbons (Fsp3) is 1.00. The Morgan fingerprint density at radius 2 is 2.00 bits per heavy atom. The molecule has 3 atom stereocenters. The summed E-state index contributed by atoms with van der Waals surface area (Å²) in [6, 6.07) is 1.90. The molecule has 0 aromatic rings. The van der Waals surface area contributed by atoms with Crippen LogP contribution in [0.2, 0.25) is 0 Å². The van der Waals surface area contributed by atoms with Crippen LogP contribution in [0.1, 0.15) is 27.7 Å². The average molecular weight is 213 g/mol. The standard InChI is InChI=1S/C12H27N3/c1-6-13-11(3)12(4)15-8-7-14(5)9-10(15)2/h10-13H,6-9H2,1-5H3. The molecule has 0 bridgehead atoms. The third-order valence-electron chi connectivity index (χ3n) is 3.65. The monoisotopic (exact) mass is 213 g/mol. The highest BCUT2D eigenvalue weighted by Crippen LogP contribution is 2.14. The van der Waals surface area contributed by atoms with Crippen LogP contribution in [-0.4, -0.2) is 61.2 Å². The largest absolute Gasteiger partial charge is 0.313 e. The van der Waals surface area contributed by atoms with E-state index in [1.165, 1.54) is 19.6 Å². The van der Waals surface area contributed by atoms with Crippen LogP contribution in [-0.2, 0) is 0 Å². The molecule has 3 heteroatoms. The van der Waals surface area contributed by atoms with Gasteiger partial charge in [-0.25, -0.2) is 0 Å². The minimum atomic E-state index is 0.584. The molecule has 3 unspecified atom stereocenters. The summed E-state index contributed by atoms with van der Waals surface area (Å²) in [5, 5.41) is 3.52. The van der Waals surface area contributed by atoms with E-state index in [1.807, 2.05) is 0 Å². The maximum Gasteiger partial charge on any atom is 0.0222 e. The molecule has 1 aliphatic heterocycles. The van der Waals surface area contributed by atoms with Crippen LogP contribution in [0, 0.1) is 0 Å². The summed E-state index contributed by atoms with van der Waals surface area (Å²) in [7, 11) is 2.21. The summed E-state index contributed by atoms with van der Waals surface area (Å²) in [5.74, 6) is 0. The first-order valence-electron chi connectivity index (χ1n) is 6.24. The number of hydrogen-bond acceptors (Lipinski definition) is 3. The zero-order valence-electron chi connectivity index (χ0n) is 11.0. The first-order valence-corrected chi connectivity index (χ1v) is 6.24. The fourth-order valence-electron chi connectivity index (χ4n) is 2.54. The van der Waals surface area contributed by atoms with Crippen LogP contribution in [0.25, 0.3) is 0 Å². The van der Waals surface area contributed by atoms with Crippen LogP contribution in [0.5, 0.6) is 0 Å². The molecule has 1 fully saturated rings. The van der Waals surface area contributed by atoms with E-state index in [-0.39, 0.29) is 0 Å². The molecule has 90 valence electrons. The molecule has 0 aliphatic carbocycles. The topological polar surface area (TPSA) is 18.5 Å². The number of rotatable bonds is 4. The van der Waals surface area contributed by atoms with E-state index >= 15 is 0 Å². The van der Waals surface area contributed by atoms with Crippen molar-refractivity contribution < 1.29 is 0 Å². The van der Waals surface area contributed by atoms with Crippen molar-refractivity contribution in [3.8, 4) is 0 Å². The van der Waals surface area contributed by atoms with Gasteiger partial charge in [0.2, 0.25) is 0 Å². The Labute approximate surface area is 94.8 Å². The Kier molecular flexibility index (Phi) is 5.03. The van der Waals surface area contributed by atoms with Crippen LogP contribution in [0.4, 0.5) is 0 Å². The van der Waals surface area contributed by atoms with Crippen molar-refractivity contribution in [1.82, 2.24) is 15.1 Å². The van der Waals surface area contributed by atoms with Gasteiger partial charge in [-0.15, -0.1) is 0 Å². The predicted octanol–water partition coefficient (Wildman–Crippen LogP) is 1.01. The van der Waals surface area contributed by atoms with Gasteiger partial charge < -0.3 is 10.2 Å². The summed E-state index contributed by atoms with van der Waals surface area (Å²) in [6.07, 6.45) is 0. The zero-order valence-corrected chi connectivity index (χ0v) is 11.0. The van der Waals surface area contributed by atoms with Crippen molar-refractivity contribution in [3.05, 3.63) is 0 Å². The third kappa shape index (κ3) is 3.44. The maximum atomic E-state index is 3.52. The van der Waals surface area contributed by atoms with Gasteiger partial charge in [-0.05, 0) is 34.4 Å². The molecule has 15 heavy (non-hydrogen) atoms. The van der Waals surface area contributed by atoms with E-state index in [1.54, 1.807) is 0 Å². The van der Waals surface area contributed by atoms with Gasteiger partial charge in [0.25, 0.3) is 0 Å². The van der Waals surface area contributed by atoms with Gasteiger partial charge in [0.1, 0.15) is 0 Å². The SMILES string of the molecule is CCNC(C)C(C)N1CCN(C)CC1C. The molecular formula is C12H27N3. The summed E-state index contributed by atoms with van der Waals surface area (Å²) in [6.45, 7) is 13.8. The fourth-order valence-corrected chi connectivity index (χ4v) is 2.54. The summed E-state index contributed by atoms with van der Waals surface area (Å²) in [4.78, 5) is 5.05. The highest BCUT2D eigenvalue weighted by atomic mass is 15.3. The lowest BCUT2D eigenvalue weighted by molar-refractivity contribution is 0.0550. The second kappa shape index (κ2) is 5.83. The normalized spacial score (nSPS) is 29.0. The van der Waals surface area contributed by atoms with Gasteiger partial charge in [-0.3, -0.25) is 4.90 Å². The zero-order chi connectivity index (χ0) is 11.4. The molecule has 1 aliphatic rings. The maximum absolute atomic E-state index is 3.52. The molecule has 1 saturated heterocycles. The molecule has 0 aromatic heterocycles. The molecule has 0 amide bonds. The van der Waals surface area contributed by atoms with E-state index in [2.05, 4.69) is 49.9 Å². The number of nitrogens with zero attached hydrogens (tertiary/aromatic N) is 2. The lowest BCUT2D eigenvalue weighted by Gasteiger charge is -2.43. The van der Waals surface area contributed by atoms with Crippen molar-refractivity contribution in [2.75, 3.05) is 33.2 Å². The van der Waals surface area contributed by atoms with Gasteiger partial charge >= 0.3 is 0 Å². The van der Waals surface area contributed by atoms with Gasteiger partial charge in [0.15, 0.2) is 0 Å². The van der Waals surface area contributed by atoms with E-state index in [4.69, 9.17) is 0 Å². The Morgan fingerprint density at radius 1 is 1.33 bits per heavy atom. The molecule has 0 radical (unpaired) electrons. The molecule has 1 N–H and O–H groups in total. The Balaban J connectivity index is 2.47. The number of likely N-dealkylation sites (N-methyl/N-ethyl adjacent to an activating group) is 2. The van der Waals surface area contributed by atoms with Crippen LogP contribution in [0.3, 0.4) is 0 Å². The minimum absolute atomic E-state index is 0.584. The summed E-state index contributed by atoms with van der Waals surface area (Å²) in [5.41, 5.74) is 0. The minimum Gasteiger partial charge on any atom is -0.313 e. The average Bonchev–Trinajstić information content (AvgIpc) is 2.17. The number of nitrogens with one attached hydrogen (secondary N) is 1. The lowest BCUT2D eigenvalue weighted by Crippen LogP contribution is -2.58. The first kappa shape index (κ1) is 12.9. The predicted molar refractivity (Wildman–Crippen MR) is 66.3 cm³/mol. The van der Waals surface area contributed by atoms with Gasteiger partial charge in [-0.2, -0.15) is 0 Å². The van der Waals surface area contributed by atoms with E-state index < -0.39 is 0 Å². The van der Waals surface area contributed by atoms with Crippen LogP contribution >= 0.6 is 0 Å². The van der Waals surface area contributed by atoms with E-state index in [0.29, 0.717) is 18.1 Å². The smallest absolute Gasteiger partial charge is 0.0222 e. The molecule has 0 aromatic carbocycles. The van der Waals surface area contributed by atoms with Crippen molar-refractivity contribution >= 4 is 0 Å². The highest BCUT2D eigenvalue weighted by Gasteiger charge is 2.27. The number of hydrogen-bond donors (Lipinski definition) is 1. The van der Waals surface area contributed by atoms with Crippen LogP contribution in [0.15, 0.2) is 0 Å². The van der Waals surface area contributed by atoms with Crippen molar-refractivity contribution in [2.24, 2.45) is 0 Å². The second-order valence-electron chi connectivity index (χ2n) is 4.94. The van der Waals surface area contributed by atoms with Crippen molar-refractivity contribution in [2.45, 2.75) is 45.8 Å². The lowest BCUT2D eigenvalue weighted by atomic mass is 10.1. The van der Waals surface area contributed by atoms with Crippen molar-refractivity contribution in [1.29, 1.82) is 0 Å².